The quantitative estimate of drug-likeness (QED) is 0.289. The van der Waals surface area contributed by atoms with Crippen LogP contribution in [-0.4, -0.2) is 10.3 Å². The average Bonchev–Trinajstić information content (AvgIpc) is 2.67. The highest BCUT2D eigenvalue weighted by molar-refractivity contribution is 7.65. The fourth-order valence-electron chi connectivity index (χ4n) is 6.78. The van der Waals surface area contributed by atoms with Gasteiger partial charge in [0.15, 0.2) is 0 Å². The lowest BCUT2D eigenvalue weighted by molar-refractivity contribution is 0.323. The molecular weight excluding hydrogens is 427 g/mol. The van der Waals surface area contributed by atoms with E-state index in [0.29, 0.717) is 23.7 Å². The summed E-state index contributed by atoms with van der Waals surface area (Å²) in [5.74, 6) is 1.97. The van der Waals surface area contributed by atoms with E-state index in [9.17, 15) is 0 Å². The van der Waals surface area contributed by atoms with Gasteiger partial charge >= 0.3 is 0 Å². The van der Waals surface area contributed by atoms with Gasteiger partial charge in [0.25, 0.3) is 0 Å². The molecule has 34 heavy (non-hydrogen) atoms. The maximum absolute atomic E-state index is 2.53. The third kappa shape index (κ3) is 5.01. The molecule has 2 unspecified atom stereocenters. The van der Waals surface area contributed by atoms with E-state index in [-0.39, 0.29) is 15.7 Å². The second-order valence-corrected chi connectivity index (χ2v) is 17.8. The fourth-order valence-corrected chi connectivity index (χ4v) is 11.4. The number of benzene rings is 1. The number of rotatable bonds is 5. The molecule has 1 heteroatoms. The van der Waals surface area contributed by atoms with Crippen molar-refractivity contribution in [2.24, 2.45) is 11.3 Å². The highest BCUT2D eigenvalue weighted by Crippen LogP contribution is 2.72. The Labute approximate surface area is 214 Å². The normalized spacial score (nSPS) is 22.8. The van der Waals surface area contributed by atoms with Crippen LogP contribution in [0.1, 0.15) is 145 Å². The molecule has 1 aromatic carbocycles. The lowest BCUT2D eigenvalue weighted by Crippen LogP contribution is -2.37. The maximum atomic E-state index is 2.53. The van der Waals surface area contributed by atoms with E-state index >= 15 is 0 Å². The number of hydrogen-bond acceptors (Lipinski definition) is 0. The van der Waals surface area contributed by atoms with Crippen molar-refractivity contribution in [2.75, 3.05) is 0 Å². The van der Waals surface area contributed by atoms with Gasteiger partial charge in [0.05, 0.1) is 0 Å². The summed E-state index contributed by atoms with van der Waals surface area (Å²) in [4.78, 5) is 0. The van der Waals surface area contributed by atoms with Gasteiger partial charge in [0.1, 0.15) is 0 Å². The van der Waals surface area contributed by atoms with Crippen molar-refractivity contribution in [1.29, 1.82) is 0 Å². The molecule has 0 bridgehead atoms. The van der Waals surface area contributed by atoms with Gasteiger partial charge in [0.2, 0.25) is 0 Å². The van der Waals surface area contributed by atoms with Crippen LogP contribution in [0.2, 0.25) is 0 Å². The summed E-state index contributed by atoms with van der Waals surface area (Å²) in [5.41, 5.74) is 9.66. The Kier molecular flexibility index (Phi) is 8.53. The second-order valence-electron chi connectivity index (χ2n) is 13.9. The highest BCUT2D eigenvalue weighted by Gasteiger charge is 2.49. The van der Waals surface area contributed by atoms with Crippen LogP contribution >= 0.6 is 7.92 Å². The summed E-state index contributed by atoms with van der Waals surface area (Å²) in [6, 6.07) is 7.12. The summed E-state index contributed by atoms with van der Waals surface area (Å²) in [7, 11) is -0.410. The molecule has 0 heterocycles. The van der Waals surface area contributed by atoms with Crippen LogP contribution < -0.4 is 0 Å². The molecule has 0 aromatic heterocycles. The predicted octanol–water partition coefficient (Wildman–Crippen LogP) is 11.4. The van der Waals surface area contributed by atoms with E-state index in [4.69, 9.17) is 0 Å². The molecule has 2 rings (SSSR count). The first-order valence-corrected chi connectivity index (χ1v) is 15.0. The highest BCUT2D eigenvalue weighted by atomic mass is 31.1. The lowest BCUT2D eigenvalue weighted by Gasteiger charge is -2.53. The zero-order chi connectivity index (χ0) is 26.5. The minimum Gasteiger partial charge on any atom is -0.0677 e. The Hall–Kier alpha value is -0.870. The molecule has 2 atom stereocenters. The van der Waals surface area contributed by atoms with Crippen LogP contribution in [0, 0.1) is 11.3 Å². The van der Waals surface area contributed by atoms with Crippen molar-refractivity contribution in [1.82, 2.24) is 0 Å². The van der Waals surface area contributed by atoms with E-state index in [1.54, 1.807) is 38.7 Å². The Balaban J connectivity index is 3.16. The number of allylic oxidation sites excluding steroid dienone is 4. The van der Waals surface area contributed by atoms with Crippen molar-refractivity contribution in [3.8, 4) is 0 Å². The summed E-state index contributed by atoms with van der Waals surface area (Å²) >= 11 is 0. The van der Waals surface area contributed by atoms with Crippen LogP contribution in [0.4, 0.5) is 0 Å². The minimum atomic E-state index is -0.410. The summed E-state index contributed by atoms with van der Waals surface area (Å²) < 4.78 is 0. The standard InChI is InChI=1S/C33H55P/c1-20(2)26-18-17-19-27(21(3)4)29(26)28-23(7)24(8)33(16,22(5)6)25(9)30(28)34(31(10,11)12)32(13,14)15/h17-22,28H,1-16H3. The SMILES string of the molecule is CC1=C(C)C(C)(C(C)C)C(C)=C(P(C(C)(C)C)C(C)(C)C)C1c1c(C(C)C)cccc1C(C)C. The molecule has 0 radical (unpaired) electrons. The molecule has 0 nitrogen and oxygen atoms in total. The number of hydrogen-bond donors (Lipinski definition) is 0. The van der Waals surface area contributed by atoms with Crippen molar-refractivity contribution in [3.05, 3.63) is 56.9 Å². The Morgan fingerprint density at radius 1 is 0.735 bits per heavy atom. The van der Waals surface area contributed by atoms with Crippen molar-refractivity contribution < 1.29 is 0 Å². The third-order valence-corrected chi connectivity index (χ3v) is 12.4. The lowest BCUT2D eigenvalue weighted by atomic mass is 9.61. The molecule has 1 aliphatic rings. The topological polar surface area (TPSA) is 0 Å². The van der Waals surface area contributed by atoms with Gasteiger partial charge in [0, 0.05) is 11.3 Å². The zero-order valence-electron chi connectivity index (χ0n) is 25.5. The van der Waals surface area contributed by atoms with E-state index < -0.39 is 7.92 Å². The Bertz CT molecular complexity index is 915. The maximum Gasteiger partial charge on any atom is 0.0309 e. The Morgan fingerprint density at radius 2 is 1.15 bits per heavy atom. The second kappa shape index (κ2) is 9.88. The van der Waals surface area contributed by atoms with Crippen molar-refractivity contribution >= 4 is 7.92 Å². The van der Waals surface area contributed by atoms with Crippen LogP contribution in [0.3, 0.4) is 0 Å². The van der Waals surface area contributed by atoms with E-state index in [1.165, 1.54) is 0 Å². The summed E-state index contributed by atoms with van der Waals surface area (Å²) in [6.45, 7) is 39.2. The van der Waals surface area contributed by atoms with Crippen LogP contribution in [0.5, 0.6) is 0 Å². The molecule has 0 fully saturated rings. The fraction of sp³-hybridized carbons (Fsp3) is 0.697. The monoisotopic (exact) mass is 482 g/mol. The van der Waals surface area contributed by atoms with E-state index in [2.05, 4.69) is 129 Å². The predicted molar refractivity (Wildman–Crippen MR) is 158 cm³/mol. The zero-order valence-corrected chi connectivity index (χ0v) is 26.4. The molecule has 0 amide bonds. The summed E-state index contributed by atoms with van der Waals surface area (Å²) in [5, 5.41) is 2.23. The van der Waals surface area contributed by atoms with Gasteiger partial charge < -0.3 is 0 Å². The third-order valence-electron chi connectivity index (χ3n) is 8.68. The van der Waals surface area contributed by atoms with Crippen LogP contribution in [0.25, 0.3) is 0 Å². The molecule has 0 N–H and O–H groups in total. The molecule has 0 saturated carbocycles. The molecule has 1 aromatic rings. The molecule has 192 valence electrons. The Morgan fingerprint density at radius 3 is 1.47 bits per heavy atom. The average molecular weight is 483 g/mol. The van der Waals surface area contributed by atoms with Gasteiger partial charge in [-0.05, 0) is 70.8 Å². The van der Waals surface area contributed by atoms with Crippen LogP contribution in [0.15, 0.2) is 40.2 Å². The molecule has 0 saturated heterocycles. The van der Waals surface area contributed by atoms with Crippen molar-refractivity contribution in [3.63, 3.8) is 0 Å². The molecule has 0 spiro atoms. The van der Waals surface area contributed by atoms with Gasteiger partial charge in [-0.25, -0.2) is 0 Å². The van der Waals surface area contributed by atoms with Gasteiger partial charge in [-0.2, -0.15) is 0 Å². The first-order chi connectivity index (χ1) is 15.3. The minimum absolute atomic E-state index is 0.109. The van der Waals surface area contributed by atoms with Gasteiger partial charge in [-0.15, -0.1) is 0 Å². The first kappa shape index (κ1) is 29.4. The van der Waals surface area contributed by atoms with E-state index in [0.717, 1.165) is 0 Å². The van der Waals surface area contributed by atoms with Crippen LogP contribution in [-0.2, 0) is 0 Å². The van der Waals surface area contributed by atoms with Crippen molar-refractivity contribution in [2.45, 2.75) is 139 Å². The molecule has 1 aliphatic carbocycles. The first-order valence-electron chi connectivity index (χ1n) is 13.6. The molecular formula is C33H55P. The largest absolute Gasteiger partial charge is 0.0677 e. The van der Waals surface area contributed by atoms with E-state index in [1.807, 2.05) is 0 Å². The smallest absolute Gasteiger partial charge is 0.0309 e. The summed E-state index contributed by atoms with van der Waals surface area (Å²) in [6.07, 6.45) is 0. The van der Waals surface area contributed by atoms with Gasteiger partial charge in [-0.3, -0.25) is 0 Å². The molecule has 0 aliphatic heterocycles. The van der Waals surface area contributed by atoms with Gasteiger partial charge in [-0.1, -0.05) is 133 Å².